The van der Waals surface area contributed by atoms with Crippen molar-refractivity contribution in [1.29, 1.82) is 0 Å². The van der Waals surface area contributed by atoms with Crippen molar-refractivity contribution in [3.63, 3.8) is 0 Å². The Morgan fingerprint density at radius 3 is 2.74 bits per heavy atom. The summed E-state index contributed by atoms with van der Waals surface area (Å²) in [6.07, 6.45) is 0. The fraction of sp³-hybridized carbons (Fsp3) is 0.0714. The van der Waals surface area contributed by atoms with E-state index in [-0.39, 0.29) is 11.6 Å². The van der Waals surface area contributed by atoms with Crippen LogP contribution < -0.4 is 5.32 Å². The Morgan fingerprint density at radius 2 is 2.05 bits per heavy atom. The minimum absolute atomic E-state index is 0.132. The molecule has 2 aromatic carbocycles. The molecule has 0 aliphatic heterocycles. The molecule has 0 unspecified atom stereocenters. The molecule has 0 aromatic heterocycles. The Kier molecular flexibility index (Phi) is 4.22. The smallest absolute Gasteiger partial charge is 0.256 e. The van der Waals surface area contributed by atoms with E-state index in [9.17, 15) is 9.18 Å². The minimum atomic E-state index is -0.498. The first kappa shape index (κ1) is 14.0. The molecule has 2 aromatic rings. The number of carbonyl (C=O) groups is 1. The molecule has 0 atom stereocenters. The summed E-state index contributed by atoms with van der Waals surface area (Å²) in [7, 11) is 0. The van der Waals surface area contributed by atoms with Crippen molar-refractivity contribution in [2.45, 2.75) is 6.92 Å². The van der Waals surface area contributed by atoms with Gasteiger partial charge in [0, 0.05) is 15.1 Å². The minimum Gasteiger partial charge on any atom is -0.319 e. The van der Waals surface area contributed by atoms with Gasteiger partial charge in [0.25, 0.3) is 5.91 Å². The lowest BCUT2D eigenvalue weighted by molar-refractivity contribution is 0.102. The number of amides is 1. The number of benzene rings is 2. The molecule has 0 aliphatic carbocycles. The summed E-state index contributed by atoms with van der Waals surface area (Å²) in [4.78, 5) is 12.1. The second-order valence-corrected chi connectivity index (χ2v) is 5.31. The quantitative estimate of drug-likeness (QED) is 0.834. The number of nitrogens with one attached hydrogen (secondary N) is 1. The van der Waals surface area contributed by atoms with Gasteiger partial charge in [0.2, 0.25) is 0 Å². The summed E-state index contributed by atoms with van der Waals surface area (Å²) < 4.78 is 14.2. The largest absolute Gasteiger partial charge is 0.319 e. The van der Waals surface area contributed by atoms with Crippen molar-refractivity contribution in [1.82, 2.24) is 0 Å². The first-order valence-corrected chi connectivity index (χ1v) is 6.67. The predicted octanol–water partition coefficient (Wildman–Crippen LogP) is 4.80. The molecule has 2 rings (SSSR count). The van der Waals surface area contributed by atoms with Gasteiger partial charge in [-0.2, -0.15) is 0 Å². The van der Waals surface area contributed by atoms with Crippen molar-refractivity contribution in [3.8, 4) is 0 Å². The molecule has 5 heteroatoms. The van der Waals surface area contributed by atoms with Crippen LogP contribution in [0.1, 0.15) is 15.9 Å². The average Bonchev–Trinajstić information content (AvgIpc) is 2.36. The van der Waals surface area contributed by atoms with Crippen LogP contribution in [0, 0.1) is 12.7 Å². The maximum absolute atomic E-state index is 13.6. The van der Waals surface area contributed by atoms with E-state index in [1.807, 2.05) is 0 Å². The molecule has 1 amide bonds. The highest BCUT2D eigenvalue weighted by molar-refractivity contribution is 9.10. The molecule has 0 heterocycles. The standard InChI is InChI=1S/C14H10BrClFNO/c1-8-10(3-2-4-11(8)16)14(19)18-13-6-5-9(15)7-12(13)17/h2-7H,1H3,(H,18,19). The molecule has 98 valence electrons. The van der Waals surface area contributed by atoms with Crippen LogP contribution in [0.2, 0.25) is 5.02 Å². The number of hydrogen-bond acceptors (Lipinski definition) is 1. The summed E-state index contributed by atoms with van der Waals surface area (Å²) >= 11 is 9.11. The van der Waals surface area contributed by atoms with Crippen molar-refractivity contribution in [3.05, 3.63) is 62.8 Å². The highest BCUT2D eigenvalue weighted by Crippen LogP contribution is 2.22. The lowest BCUT2D eigenvalue weighted by Gasteiger charge is -2.09. The van der Waals surface area contributed by atoms with Crippen molar-refractivity contribution >= 4 is 39.1 Å². The fourth-order valence-electron chi connectivity index (χ4n) is 1.63. The van der Waals surface area contributed by atoms with Gasteiger partial charge in [0.05, 0.1) is 5.69 Å². The van der Waals surface area contributed by atoms with Gasteiger partial charge in [-0.25, -0.2) is 4.39 Å². The summed E-state index contributed by atoms with van der Waals surface area (Å²) in [6, 6.07) is 9.48. The van der Waals surface area contributed by atoms with Gasteiger partial charge < -0.3 is 5.32 Å². The fourth-order valence-corrected chi connectivity index (χ4v) is 2.14. The van der Waals surface area contributed by atoms with Crippen molar-refractivity contribution in [2.24, 2.45) is 0 Å². The molecular formula is C14H10BrClFNO. The van der Waals surface area contributed by atoms with Crippen LogP contribution >= 0.6 is 27.5 Å². The predicted molar refractivity (Wildman–Crippen MR) is 78.2 cm³/mol. The van der Waals surface area contributed by atoms with Gasteiger partial charge in [-0.15, -0.1) is 0 Å². The molecular weight excluding hydrogens is 333 g/mol. The van der Waals surface area contributed by atoms with Gasteiger partial charge in [0.15, 0.2) is 0 Å². The zero-order valence-corrected chi connectivity index (χ0v) is 12.3. The highest BCUT2D eigenvalue weighted by Gasteiger charge is 2.13. The summed E-state index contributed by atoms with van der Waals surface area (Å²) in [5.74, 6) is -0.886. The van der Waals surface area contributed by atoms with E-state index in [2.05, 4.69) is 21.2 Å². The highest BCUT2D eigenvalue weighted by atomic mass is 79.9. The Labute approximate surface area is 123 Å². The van der Waals surface area contributed by atoms with Gasteiger partial charge >= 0.3 is 0 Å². The average molecular weight is 343 g/mol. The molecule has 2 nitrogen and oxygen atoms in total. The third kappa shape index (κ3) is 3.14. The lowest BCUT2D eigenvalue weighted by Crippen LogP contribution is -2.14. The van der Waals surface area contributed by atoms with Crippen LogP contribution in [0.5, 0.6) is 0 Å². The maximum atomic E-state index is 13.6. The molecule has 0 aliphatic rings. The molecule has 1 N–H and O–H groups in total. The number of hydrogen-bond donors (Lipinski definition) is 1. The summed E-state index contributed by atoms with van der Waals surface area (Å²) in [5.41, 5.74) is 1.22. The van der Waals surface area contributed by atoms with Gasteiger partial charge in [-0.05, 0) is 42.8 Å². The first-order chi connectivity index (χ1) is 8.99. The van der Waals surface area contributed by atoms with E-state index in [1.165, 1.54) is 12.1 Å². The van der Waals surface area contributed by atoms with E-state index >= 15 is 0 Å². The molecule has 0 radical (unpaired) electrons. The van der Waals surface area contributed by atoms with E-state index in [4.69, 9.17) is 11.6 Å². The lowest BCUT2D eigenvalue weighted by atomic mass is 10.1. The second-order valence-electron chi connectivity index (χ2n) is 3.99. The van der Waals surface area contributed by atoms with Crippen LogP contribution in [0.4, 0.5) is 10.1 Å². The third-order valence-electron chi connectivity index (χ3n) is 2.69. The van der Waals surface area contributed by atoms with Crippen LogP contribution in [0.15, 0.2) is 40.9 Å². The Hall–Kier alpha value is -1.39. The topological polar surface area (TPSA) is 29.1 Å². The molecule has 0 fully saturated rings. The second kappa shape index (κ2) is 5.72. The molecule has 19 heavy (non-hydrogen) atoms. The third-order valence-corrected chi connectivity index (χ3v) is 3.59. The number of halogens is 3. The van der Waals surface area contributed by atoms with Crippen LogP contribution in [-0.2, 0) is 0 Å². The summed E-state index contributed by atoms with van der Waals surface area (Å²) in [6.45, 7) is 1.75. The van der Waals surface area contributed by atoms with E-state index < -0.39 is 5.82 Å². The van der Waals surface area contributed by atoms with Gasteiger partial charge in [0.1, 0.15) is 5.82 Å². The van der Waals surface area contributed by atoms with Gasteiger partial charge in [-0.3, -0.25) is 4.79 Å². The first-order valence-electron chi connectivity index (χ1n) is 5.50. The number of anilines is 1. The van der Waals surface area contributed by atoms with Crippen LogP contribution in [0.3, 0.4) is 0 Å². The van der Waals surface area contributed by atoms with Crippen molar-refractivity contribution in [2.75, 3.05) is 5.32 Å². The molecule has 0 spiro atoms. The zero-order valence-electron chi connectivity index (χ0n) is 10.0. The molecule has 0 bridgehead atoms. The SMILES string of the molecule is Cc1c(Cl)cccc1C(=O)Nc1ccc(Br)cc1F. The van der Waals surface area contributed by atoms with E-state index in [0.717, 1.165) is 0 Å². The zero-order chi connectivity index (χ0) is 14.0. The monoisotopic (exact) mass is 341 g/mol. The van der Waals surface area contributed by atoms with E-state index in [1.54, 1.807) is 31.2 Å². The number of rotatable bonds is 2. The summed E-state index contributed by atoms with van der Waals surface area (Å²) in [5, 5.41) is 3.03. The van der Waals surface area contributed by atoms with Crippen molar-refractivity contribution < 1.29 is 9.18 Å². The Bertz CT molecular complexity index is 645. The molecule has 0 saturated carbocycles. The van der Waals surface area contributed by atoms with Crippen LogP contribution in [0.25, 0.3) is 0 Å². The van der Waals surface area contributed by atoms with Crippen LogP contribution in [-0.4, -0.2) is 5.91 Å². The Morgan fingerprint density at radius 1 is 1.32 bits per heavy atom. The van der Waals surface area contributed by atoms with E-state index in [0.29, 0.717) is 20.6 Å². The normalized spacial score (nSPS) is 10.3. The maximum Gasteiger partial charge on any atom is 0.256 e. The molecule has 0 saturated heterocycles. The van der Waals surface area contributed by atoms with Gasteiger partial charge in [-0.1, -0.05) is 33.6 Å². The number of carbonyl (C=O) groups excluding carboxylic acids is 1. The Balaban J connectivity index is 2.28.